The zero-order chi connectivity index (χ0) is 9.10. The molecule has 0 N–H and O–H groups in total. The molecular weight excluding hydrogens is 160 g/mol. The third kappa shape index (κ3) is 1.83. The lowest BCUT2D eigenvalue weighted by Gasteiger charge is -2.11. The van der Waals surface area contributed by atoms with Crippen molar-refractivity contribution in [2.75, 3.05) is 0 Å². The Bertz CT molecular complexity index is 353. The van der Waals surface area contributed by atoms with E-state index in [9.17, 15) is 0 Å². The standard InChI is InChI=1S/C11H12N2/c1-9-3-2-4-11(13-9)10-5-7-12-8-6-10/h2-5,7-8,10H,6H2,1H3. The van der Waals surface area contributed by atoms with Crippen LogP contribution in [-0.4, -0.2) is 11.2 Å². The Balaban J connectivity index is 2.25. The topological polar surface area (TPSA) is 25.2 Å². The number of allylic oxidation sites excluding steroid dienone is 1. The maximum Gasteiger partial charge on any atom is 0.0479 e. The largest absolute Gasteiger partial charge is 0.269 e. The molecule has 66 valence electrons. The number of aromatic nitrogens is 1. The van der Waals surface area contributed by atoms with Gasteiger partial charge in [-0.2, -0.15) is 0 Å². The van der Waals surface area contributed by atoms with Gasteiger partial charge in [-0.25, -0.2) is 0 Å². The van der Waals surface area contributed by atoms with Crippen molar-refractivity contribution in [3.05, 3.63) is 41.9 Å². The molecule has 0 spiro atoms. The predicted octanol–water partition coefficient (Wildman–Crippen LogP) is 2.46. The van der Waals surface area contributed by atoms with Crippen LogP contribution in [0.4, 0.5) is 0 Å². The number of aliphatic imine (C=N–C) groups is 1. The van der Waals surface area contributed by atoms with E-state index in [1.165, 1.54) is 0 Å². The highest BCUT2D eigenvalue weighted by atomic mass is 14.7. The number of rotatable bonds is 1. The minimum absolute atomic E-state index is 0.414. The zero-order valence-corrected chi connectivity index (χ0v) is 7.64. The third-order valence-electron chi connectivity index (χ3n) is 2.16. The molecule has 1 aromatic rings. The van der Waals surface area contributed by atoms with Gasteiger partial charge < -0.3 is 0 Å². The quantitative estimate of drug-likeness (QED) is 0.638. The molecule has 1 aliphatic rings. The van der Waals surface area contributed by atoms with Crippen molar-refractivity contribution in [1.29, 1.82) is 0 Å². The van der Waals surface area contributed by atoms with Crippen molar-refractivity contribution < 1.29 is 0 Å². The molecule has 1 atom stereocenters. The smallest absolute Gasteiger partial charge is 0.0479 e. The van der Waals surface area contributed by atoms with Crippen LogP contribution in [0.15, 0.2) is 35.5 Å². The first-order valence-electron chi connectivity index (χ1n) is 4.48. The normalized spacial score (nSPS) is 20.5. The van der Waals surface area contributed by atoms with Gasteiger partial charge in [0.05, 0.1) is 0 Å². The van der Waals surface area contributed by atoms with Gasteiger partial charge in [0.1, 0.15) is 0 Å². The van der Waals surface area contributed by atoms with E-state index in [0.717, 1.165) is 17.8 Å². The lowest BCUT2D eigenvalue weighted by Crippen LogP contribution is -2.02. The Morgan fingerprint density at radius 3 is 3.00 bits per heavy atom. The van der Waals surface area contributed by atoms with Gasteiger partial charge in [0, 0.05) is 29.7 Å². The Morgan fingerprint density at radius 2 is 2.31 bits per heavy atom. The first-order valence-corrected chi connectivity index (χ1v) is 4.48. The van der Waals surface area contributed by atoms with Crippen molar-refractivity contribution in [3.8, 4) is 0 Å². The van der Waals surface area contributed by atoms with Crippen molar-refractivity contribution in [1.82, 2.24) is 4.98 Å². The molecule has 1 aliphatic heterocycles. The molecular formula is C11H12N2. The maximum absolute atomic E-state index is 4.48. The minimum atomic E-state index is 0.414. The van der Waals surface area contributed by atoms with E-state index in [2.05, 4.69) is 28.2 Å². The third-order valence-corrected chi connectivity index (χ3v) is 2.16. The van der Waals surface area contributed by atoms with Gasteiger partial charge in [-0.1, -0.05) is 12.1 Å². The van der Waals surface area contributed by atoms with Crippen LogP contribution in [0.2, 0.25) is 0 Å². The summed E-state index contributed by atoms with van der Waals surface area (Å²) < 4.78 is 0. The van der Waals surface area contributed by atoms with Crippen LogP contribution >= 0.6 is 0 Å². The lowest BCUT2D eigenvalue weighted by atomic mass is 10.00. The van der Waals surface area contributed by atoms with E-state index in [-0.39, 0.29) is 0 Å². The molecule has 0 bridgehead atoms. The van der Waals surface area contributed by atoms with Crippen LogP contribution in [0.25, 0.3) is 0 Å². The fourth-order valence-corrected chi connectivity index (χ4v) is 1.46. The molecule has 1 unspecified atom stereocenters. The molecule has 2 heteroatoms. The fourth-order valence-electron chi connectivity index (χ4n) is 1.46. The minimum Gasteiger partial charge on any atom is -0.269 e. The van der Waals surface area contributed by atoms with Gasteiger partial charge >= 0.3 is 0 Å². The molecule has 2 heterocycles. The number of nitrogens with zero attached hydrogens (tertiary/aromatic N) is 2. The summed E-state index contributed by atoms with van der Waals surface area (Å²) in [7, 11) is 0. The Kier molecular flexibility index (Phi) is 2.21. The Labute approximate surface area is 78.0 Å². The van der Waals surface area contributed by atoms with E-state index in [4.69, 9.17) is 0 Å². The molecule has 0 aromatic carbocycles. The summed E-state index contributed by atoms with van der Waals surface area (Å²) in [6.45, 7) is 2.02. The Hall–Kier alpha value is -1.44. The number of hydrogen-bond acceptors (Lipinski definition) is 2. The summed E-state index contributed by atoms with van der Waals surface area (Å²) in [6, 6.07) is 6.14. The first kappa shape index (κ1) is 8.17. The van der Waals surface area contributed by atoms with Gasteiger partial charge in [0.25, 0.3) is 0 Å². The summed E-state index contributed by atoms with van der Waals surface area (Å²) >= 11 is 0. The summed E-state index contributed by atoms with van der Waals surface area (Å²) in [6.07, 6.45) is 6.85. The van der Waals surface area contributed by atoms with Crippen molar-refractivity contribution >= 4 is 6.21 Å². The van der Waals surface area contributed by atoms with Crippen molar-refractivity contribution in [3.63, 3.8) is 0 Å². The highest BCUT2D eigenvalue weighted by Crippen LogP contribution is 2.20. The molecule has 2 nitrogen and oxygen atoms in total. The molecule has 0 saturated heterocycles. The van der Waals surface area contributed by atoms with Crippen LogP contribution in [0.1, 0.15) is 23.7 Å². The maximum atomic E-state index is 4.48. The lowest BCUT2D eigenvalue weighted by molar-refractivity contribution is 0.836. The Morgan fingerprint density at radius 1 is 1.38 bits per heavy atom. The molecule has 0 aliphatic carbocycles. The predicted molar refractivity (Wildman–Crippen MR) is 54.0 cm³/mol. The number of pyridine rings is 1. The second-order valence-corrected chi connectivity index (χ2v) is 3.22. The molecule has 2 rings (SSSR count). The molecule has 1 aromatic heterocycles. The summed E-state index contributed by atoms with van der Waals surface area (Å²) in [5, 5.41) is 0. The van der Waals surface area contributed by atoms with E-state index >= 15 is 0 Å². The van der Waals surface area contributed by atoms with Gasteiger partial charge in [0.15, 0.2) is 0 Å². The fraction of sp³-hybridized carbons (Fsp3) is 0.273. The zero-order valence-electron chi connectivity index (χ0n) is 7.64. The summed E-state index contributed by atoms with van der Waals surface area (Å²) in [5.74, 6) is 0.414. The van der Waals surface area contributed by atoms with E-state index in [0.29, 0.717) is 5.92 Å². The summed E-state index contributed by atoms with van der Waals surface area (Å²) in [4.78, 5) is 8.53. The van der Waals surface area contributed by atoms with E-state index in [1.54, 1.807) is 0 Å². The SMILES string of the molecule is Cc1cccc(C2C=CN=CC2)n1. The molecule has 0 amide bonds. The van der Waals surface area contributed by atoms with Crippen LogP contribution in [0.5, 0.6) is 0 Å². The van der Waals surface area contributed by atoms with Gasteiger partial charge in [0.2, 0.25) is 0 Å². The highest BCUT2D eigenvalue weighted by molar-refractivity contribution is 5.61. The average Bonchev–Trinajstić information content (AvgIpc) is 2.19. The van der Waals surface area contributed by atoms with Gasteiger partial charge in [-0.05, 0) is 25.5 Å². The summed E-state index contributed by atoms with van der Waals surface area (Å²) in [5.41, 5.74) is 2.22. The number of hydrogen-bond donors (Lipinski definition) is 0. The van der Waals surface area contributed by atoms with Crippen molar-refractivity contribution in [2.24, 2.45) is 4.99 Å². The second-order valence-electron chi connectivity index (χ2n) is 3.22. The van der Waals surface area contributed by atoms with Crippen molar-refractivity contribution in [2.45, 2.75) is 19.3 Å². The van der Waals surface area contributed by atoms with Crippen LogP contribution in [0.3, 0.4) is 0 Å². The molecule has 0 saturated carbocycles. The van der Waals surface area contributed by atoms with Gasteiger partial charge in [-0.15, -0.1) is 0 Å². The van der Waals surface area contributed by atoms with Crippen LogP contribution < -0.4 is 0 Å². The first-order chi connectivity index (χ1) is 6.36. The van der Waals surface area contributed by atoms with Crippen LogP contribution in [0, 0.1) is 6.92 Å². The highest BCUT2D eigenvalue weighted by Gasteiger charge is 2.09. The molecule has 0 radical (unpaired) electrons. The van der Waals surface area contributed by atoms with Crippen LogP contribution in [-0.2, 0) is 0 Å². The van der Waals surface area contributed by atoms with E-state index in [1.807, 2.05) is 25.4 Å². The van der Waals surface area contributed by atoms with E-state index < -0.39 is 0 Å². The monoisotopic (exact) mass is 172 g/mol. The average molecular weight is 172 g/mol. The second kappa shape index (κ2) is 3.52. The molecule has 0 fully saturated rings. The number of aryl methyl sites for hydroxylation is 1. The van der Waals surface area contributed by atoms with Gasteiger partial charge in [-0.3, -0.25) is 9.98 Å². The molecule has 13 heavy (non-hydrogen) atoms.